The van der Waals surface area contributed by atoms with Crippen LogP contribution in [0.2, 0.25) is 0 Å². The zero-order valence-electron chi connectivity index (χ0n) is 7.86. The molecule has 0 aromatic carbocycles. The van der Waals surface area contributed by atoms with Gasteiger partial charge in [0.2, 0.25) is 0 Å². The lowest BCUT2D eigenvalue weighted by Gasteiger charge is -2.29. The van der Waals surface area contributed by atoms with Gasteiger partial charge in [0.05, 0.1) is 0 Å². The molecule has 0 radical (unpaired) electrons. The summed E-state index contributed by atoms with van der Waals surface area (Å²) in [4.78, 5) is 10.3. The lowest BCUT2D eigenvalue weighted by Crippen LogP contribution is -2.21. The Kier molecular flexibility index (Phi) is 1.76. The smallest absolute Gasteiger partial charge is 0.142 e. The summed E-state index contributed by atoms with van der Waals surface area (Å²) in [5.74, 6) is 1.10. The summed E-state index contributed by atoms with van der Waals surface area (Å²) < 4.78 is 0. The van der Waals surface area contributed by atoms with Crippen LogP contribution in [0.4, 0.5) is 0 Å². The Morgan fingerprint density at radius 3 is 2.92 bits per heavy atom. The number of hydrogen-bond donors (Lipinski definition) is 0. The summed E-state index contributed by atoms with van der Waals surface area (Å²) in [6.07, 6.45) is 10.1. The highest BCUT2D eigenvalue weighted by atomic mass is 16.1. The van der Waals surface area contributed by atoms with Gasteiger partial charge in [0.25, 0.3) is 0 Å². The van der Waals surface area contributed by atoms with Gasteiger partial charge in [-0.2, -0.15) is 0 Å². The van der Waals surface area contributed by atoms with E-state index in [9.17, 15) is 4.79 Å². The summed E-state index contributed by atoms with van der Waals surface area (Å²) in [7, 11) is 0. The maximum atomic E-state index is 10.3. The summed E-state index contributed by atoms with van der Waals surface area (Å²) in [6.45, 7) is 6.29. The third-order valence-corrected chi connectivity index (χ3v) is 3.51. The predicted octanol–water partition coefficient (Wildman–Crippen LogP) is 2.51. The molecule has 1 fully saturated rings. The molecule has 0 aromatic heterocycles. The van der Waals surface area contributed by atoms with E-state index in [-0.39, 0.29) is 5.41 Å². The van der Waals surface area contributed by atoms with Crippen LogP contribution in [0.15, 0.2) is 36.5 Å². The van der Waals surface area contributed by atoms with Crippen LogP contribution >= 0.6 is 0 Å². The van der Waals surface area contributed by atoms with Crippen molar-refractivity contribution in [3.63, 3.8) is 0 Å². The fraction of sp³-hybridized carbons (Fsp3) is 0.417. The lowest BCUT2D eigenvalue weighted by molar-refractivity contribution is -0.104. The molecule has 1 saturated carbocycles. The van der Waals surface area contributed by atoms with Crippen LogP contribution in [0.3, 0.4) is 0 Å². The van der Waals surface area contributed by atoms with E-state index in [0.29, 0.717) is 11.8 Å². The quantitative estimate of drug-likeness (QED) is 0.357. The maximum absolute atomic E-state index is 10.3. The van der Waals surface area contributed by atoms with Crippen LogP contribution in [-0.4, -0.2) is 6.29 Å². The van der Waals surface area contributed by atoms with Crippen molar-refractivity contribution in [3.05, 3.63) is 36.5 Å². The Hall–Kier alpha value is -1.11. The summed E-state index contributed by atoms with van der Waals surface area (Å²) in [5, 5.41) is 0. The first kappa shape index (κ1) is 8.49. The molecule has 0 heterocycles. The van der Waals surface area contributed by atoms with E-state index >= 15 is 0 Å². The normalized spacial score (nSPS) is 42.1. The standard InChI is InChI=1S/C12H14O/c1-9-10-4-5-11(8-10)12(9,2)6-3-7-13/h3-7,10-11H,1,8H2,2H3/b6-3+. The minimum Gasteiger partial charge on any atom is -0.299 e. The van der Waals surface area contributed by atoms with Crippen molar-refractivity contribution >= 4 is 6.29 Å². The summed E-state index contributed by atoms with van der Waals surface area (Å²) in [6, 6.07) is 0. The fourth-order valence-electron chi connectivity index (χ4n) is 2.51. The molecule has 3 unspecified atom stereocenters. The van der Waals surface area contributed by atoms with E-state index in [2.05, 4.69) is 25.7 Å². The second-order valence-electron chi connectivity index (χ2n) is 4.14. The molecule has 0 aliphatic heterocycles. The zero-order valence-corrected chi connectivity index (χ0v) is 7.86. The van der Waals surface area contributed by atoms with Gasteiger partial charge in [-0.3, -0.25) is 4.79 Å². The van der Waals surface area contributed by atoms with Gasteiger partial charge in [-0.1, -0.05) is 37.3 Å². The van der Waals surface area contributed by atoms with E-state index in [1.54, 1.807) is 6.08 Å². The molecule has 1 heteroatoms. The van der Waals surface area contributed by atoms with Gasteiger partial charge in [0.1, 0.15) is 6.29 Å². The second kappa shape index (κ2) is 2.69. The van der Waals surface area contributed by atoms with Gasteiger partial charge < -0.3 is 0 Å². The Balaban J connectivity index is 2.33. The van der Waals surface area contributed by atoms with Gasteiger partial charge in [-0.15, -0.1) is 0 Å². The van der Waals surface area contributed by atoms with Crippen LogP contribution in [0.25, 0.3) is 0 Å². The maximum Gasteiger partial charge on any atom is 0.142 e. The fourth-order valence-corrected chi connectivity index (χ4v) is 2.51. The molecule has 2 aliphatic rings. The van der Waals surface area contributed by atoms with Crippen molar-refractivity contribution in [1.29, 1.82) is 0 Å². The minimum absolute atomic E-state index is 0.0281. The van der Waals surface area contributed by atoms with E-state index in [0.717, 1.165) is 6.29 Å². The van der Waals surface area contributed by atoms with Crippen molar-refractivity contribution in [1.82, 2.24) is 0 Å². The average Bonchev–Trinajstić information content (AvgIpc) is 2.68. The van der Waals surface area contributed by atoms with E-state index in [1.807, 2.05) is 6.08 Å². The number of allylic oxidation sites excluding steroid dienone is 5. The first-order valence-corrected chi connectivity index (χ1v) is 4.69. The van der Waals surface area contributed by atoms with Crippen LogP contribution in [-0.2, 0) is 4.79 Å². The van der Waals surface area contributed by atoms with Gasteiger partial charge in [0.15, 0.2) is 0 Å². The highest BCUT2D eigenvalue weighted by Gasteiger charge is 2.46. The molecular weight excluding hydrogens is 160 g/mol. The molecule has 1 nitrogen and oxygen atoms in total. The van der Waals surface area contributed by atoms with Crippen molar-refractivity contribution in [2.45, 2.75) is 13.3 Å². The number of carbonyl (C=O) groups excluding carboxylic acids is 1. The Morgan fingerprint density at radius 1 is 1.62 bits per heavy atom. The first-order chi connectivity index (χ1) is 6.18. The molecule has 2 rings (SSSR count). The van der Waals surface area contributed by atoms with Crippen LogP contribution in [0, 0.1) is 17.3 Å². The summed E-state index contributed by atoms with van der Waals surface area (Å²) in [5.41, 5.74) is 1.29. The van der Waals surface area contributed by atoms with Crippen molar-refractivity contribution in [3.8, 4) is 0 Å². The number of hydrogen-bond acceptors (Lipinski definition) is 1. The monoisotopic (exact) mass is 174 g/mol. The molecule has 0 spiro atoms. The number of fused-ring (bicyclic) bond motifs is 2. The number of carbonyl (C=O) groups is 1. The molecule has 0 N–H and O–H groups in total. The van der Waals surface area contributed by atoms with E-state index < -0.39 is 0 Å². The second-order valence-corrected chi connectivity index (χ2v) is 4.14. The van der Waals surface area contributed by atoms with Crippen molar-refractivity contribution < 1.29 is 4.79 Å². The average molecular weight is 174 g/mol. The number of aldehydes is 1. The molecule has 0 aromatic rings. The van der Waals surface area contributed by atoms with Crippen LogP contribution in [0.1, 0.15) is 13.3 Å². The topological polar surface area (TPSA) is 17.1 Å². The van der Waals surface area contributed by atoms with Gasteiger partial charge >= 0.3 is 0 Å². The Bertz CT molecular complexity index is 311. The van der Waals surface area contributed by atoms with Gasteiger partial charge in [-0.25, -0.2) is 0 Å². The molecular formula is C12H14O. The first-order valence-electron chi connectivity index (χ1n) is 4.69. The molecule has 0 amide bonds. The largest absolute Gasteiger partial charge is 0.299 e. The van der Waals surface area contributed by atoms with Gasteiger partial charge in [-0.05, 0) is 24.3 Å². The Morgan fingerprint density at radius 2 is 2.38 bits per heavy atom. The SMILES string of the molecule is C=C1C2C=CC(C2)C1(C)/C=C/C=O. The van der Waals surface area contributed by atoms with Gasteiger partial charge in [0, 0.05) is 5.41 Å². The molecule has 2 aliphatic carbocycles. The summed E-state index contributed by atoms with van der Waals surface area (Å²) >= 11 is 0. The van der Waals surface area contributed by atoms with E-state index in [4.69, 9.17) is 0 Å². The molecule has 3 atom stereocenters. The van der Waals surface area contributed by atoms with Crippen LogP contribution < -0.4 is 0 Å². The third-order valence-electron chi connectivity index (χ3n) is 3.51. The zero-order chi connectivity index (χ0) is 9.47. The predicted molar refractivity (Wildman–Crippen MR) is 53.2 cm³/mol. The molecule has 2 bridgehead atoms. The van der Waals surface area contributed by atoms with E-state index in [1.165, 1.54) is 12.0 Å². The third kappa shape index (κ3) is 1.03. The molecule has 68 valence electrons. The van der Waals surface area contributed by atoms with Crippen molar-refractivity contribution in [2.24, 2.45) is 17.3 Å². The Labute approximate surface area is 78.8 Å². The molecule has 13 heavy (non-hydrogen) atoms. The molecule has 0 saturated heterocycles. The minimum atomic E-state index is 0.0281. The van der Waals surface area contributed by atoms with Crippen molar-refractivity contribution in [2.75, 3.05) is 0 Å². The highest BCUT2D eigenvalue weighted by Crippen LogP contribution is 2.55. The highest BCUT2D eigenvalue weighted by molar-refractivity contribution is 5.65. The number of rotatable bonds is 2. The van der Waals surface area contributed by atoms with Crippen LogP contribution in [0.5, 0.6) is 0 Å². The lowest BCUT2D eigenvalue weighted by atomic mass is 9.74.